The number of benzene rings is 4. The molecule has 1 aliphatic rings. The lowest BCUT2D eigenvalue weighted by atomic mass is 9.95. The monoisotopic (exact) mass is 756 g/mol. The van der Waals surface area contributed by atoms with Gasteiger partial charge < -0.3 is 23.7 Å². The van der Waals surface area contributed by atoms with Gasteiger partial charge in [0.05, 0.1) is 48.8 Å². The van der Waals surface area contributed by atoms with E-state index in [0.29, 0.717) is 67.9 Å². The Labute approximate surface area is 302 Å². The first kappa shape index (κ1) is 35.0. The topological polar surface area (TPSA) is 97.6 Å². The molecular weight excluding hydrogens is 720 g/mol. The van der Waals surface area contributed by atoms with E-state index in [0.717, 1.165) is 21.9 Å². The zero-order valence-corrected chi connectivity index (χ0v) is 30.9. The molecule has 11 heteroatoms. The van der Waals surface area contributed by atoms with Gasteiger partial charge in [-0.1, -0.05) is 75.8 Å². The van der Waals surface area contributed by atoms with E-state index in [9.17, 15) is 9.59 Å². The summed E-state index contributed by atoms with van der Waals surface area (Å²) in [6.45, 7) is 8.70. The minimum Gasteiger partial charge on any atom is -0.493 e. The summed E-state index contributed by atoms with van der Waals surface area (Å²) in [5, 5.41) is 2.28. The molecule has 0 amide bonds. The Morgan fingerprint density at radius 1 is 0.900 bits per heavy atom. The van der Waals surface area contributed by atoms with Crippen molar-refractivity contribution in [3.8, 4) is 23.0 Å². The molecule has 0 aliphatic carbocycles. The molecule has 0 spiro atoms. The molecule has 258 valence electrons. The molecule has 9 nitrogen and oxygen atoms in total. The predicted molar refractivity (Wildman–Crippen MR) is 198 cm³/mol. The van der Waals surface area contributed by atoms with Crippen molar-refractivity contribution in [1.29, 1.82) is 0 Å². The van der Waals surface area contributed by atoms with Crippen molar-refractivity contribution in [2.75, 3.05) is 26.9 Å². The number of hydrogen-bond acceptors (Lipinski definition) is 9. The quantitative estimate of drug-likeness (QED) is 0.125. The van der Waals surface area contributed by atoms with Gasteiger partial charge in [0.25, 0.3) is 5.56 Å². The molecule has 5 aromatic rings. The van der Waals surface area contributed by atoms with Crippen LogP contribution in [0.3, 0.4) is 0 Å². The first-order valence-corrected chi connectivity index (χ1v) is 17.9. The SMILES string of the molecule is CCOC(=O)C1=C(C)N=c2s/c(=C/c3ccc(OCc4cccc5ccccc45)c(OCC)c3)c(=O)n2[C@H]1c1cc(OC)c(OCC)cc1Br. The van der Waals surface area contributed by atoms with Gasteiger partial charge in [-0.25, -0.2) is 9.79 Å². The third-order valence-electron chi connectivity index (χ3n) is 8.22. The van der Waals surface area contributed by atoms with Gasteiger partial charge >= 0.3 is 5.97 Å². The van der Waals surface area contributed by atoms with Crippen molar-refractivity contribution < 1.29 is 28.5 Å². The number of allylic oxidation sites excluding steroid dienone is 1. The van der Waals surface area contributed by atoms with Gasteiger partial charge in [-0.2, -0.15) is 0 Å². The van der Waals surface area contributed by atoms with Crippen LogP contribution in [0.4, 0.5) is 0 Å². The van der Waals surface area contributed by atoms with Crippen LogP contribution in [-0.2, 0) is 16.1 Å². The highest BCUT2D eigenvalue weighted by molar-refractivity contribution is 9.10. The second kappa shape index (κ2) is 15.3. The molecule has 0 saturated carbocycles. The Balaban J connectivity index is 1.41. The zero-order valence-electron chi connectivity index (χ0n) is 28.4. The molecule has 0 fully saturated rings. The van der Waals surface area contributed by atoms with Gasteiger partial charge in [0.15, 0.2) is 27.8 Å². The number of rotatable bonds is 12. The highest BCUT2D eigenvalue weighted by Crippen LogP contribution is 2.41. The highest BCUT2D eigenvalue weighted by atomic mass is 79.9. The number of hydrogen-bond donors (Lipinski definition) is 0. The first-order chi connectivity index (χ1) is 24.3. The summed E-state index contributed by atoms with van der Waals surface area (Å²) < 4.78 is 31.8. The van der Waals surface area contributed by atoms with E-state index in [1.165, 1.54) is 11.3 Å². The number of nitrogens with zero attached hydrogens (tertiary/aromatic N) is 2. The smallest absolute Gasteiger partial charge is 0.338 e. The molecule has 0 radical (unpaired) electrons. The second-order valence-corrected chi connectivity index (χ2v) is 13.2. The first-order valence-electron chi connectivity index (χ1n) is 16.3. The minimum absolute atomic E-state index is 0.171. The van der Waals surface area contributed by atoms with Crippen molar-refractivity contribution in [3.63, 3.8) is 0 Å². The number of thiazole rings is 1. The fraction of sp³-hybridized carbons (Fsp3) is 0.256. The van der Waals surface area contributed by atoms with E-state index in [4.69, 9.17) is 28.7 Å². The molecule has 1 aromatic heterocycles. The molecule has 6 rings (SSSR count). The van der Waals surface area contributed by atoms with Crippen LogP contribution in [0.2, 0.25) is 0 Å². The van der Waals surface area contributed by atoms with Crippen LogP contribution in [0.15, 0.2) is 98.3 Å². The molecule has 0 bridgehead atoms. The summed E-state index contributed by atoms with van der Waals surface area (Å²) >= 11 is 4.91. The molecular formula is C39H37BrN2O7S. The highest BCUT2D eigenvalue weighted by Gasteiger charge is 2.35. The second-order valence-electron chi connectivity index (χ2n) is 11.3. The maximum Gasteiger partial charge on any atom is 0.338 e. The Hall–Kier alpha value is -4.87. The third-order valence-corrected chi connectivity index (χ3v) is 9.89. The zero-order chi connectivity index (χ0) is 35.4. The number of carbonyl (C=O) groups is 1. The van der Waals surface area contributed by atoms with Gasteiger partial charge in [-0.3, -0.25) is 9.36 Å². The van der Waals surface area contributed by atoms with Crippen LogP contribution in [0, 0.1) is 0 Å². The van der Waals surface area contributed by atoms with Gasteiger partial charge in [0.2, 0.25) is 0 Å². The van der Waals surface area contributed by atoms with E-state index in [1.807, 2.05) is 50.2 Å². The summed E-state index contributed by atoms with van der Waals surface area (Å²) in [7, 11) is 1.55. The van der Waals surface area contributed by atoms with E-state index < -0.39 is 12.0 Å². The van der Waals surface area contributed by atoms with E-state index in [-0.39, 0.29) is 17.7 Å². The van der Waals surface area contributed by atoms with E-state index in [1.54, 1.807) is 43.7 Å². The summed E-state index contributed by atoms with van der Waals surface area (Å²) in [6, 6.07) is 22.7. The number of fused-ring (bicyclic) bond motifs is 2. The fourth-order valence-corrected chi connectivity index (χ4v) is 7.59. The average Bonchev–Trinajstić information content (AvgIpc) is 3.41. The molecule has 2 heterocycles. The summed E-state index contributed by atoms with van der Waals surface area (Å²) in [4.78, 5) is 32.9. The standard InChI is InChI=1S/C39H37BrN2O7S/c1-6-46-32-18-24(16-17-30(32)49-22-26-14-11-13-25-12-9-10-15-27(25)26)19-34-37(43)42-36(28-20-31(45-5)33(47-7-2)21-29(28)40)35(38(44)48-8-3)23(4)41-39(42)50-34/h9-21,36H,6-8,22H2,1-5H3/b34-19+/t36-/m0/s1. The van der Waals surface area contributed by atoms with Crippen molar-refractivity contribution in [2.45, 2.75) is 40.3 Å². The molecule has 0 saturated heterocycles. The Bertz CT molecular complexity index is 2290. The molecule has 50 heavy (non-hydrogen) atoms. The predicted octanol–water partition coefficient (Wildman–Crippen LogP) is 7.10. The number of methoxy groups -OCH3 is 1. The number of halogens is 1. The Kier molecular flexibility index (Phi) is 10.7. The van der Waals surface area contributed by atoms with Crippen molar-refractivity contribution in [2.24, 2.45) is 4.99 Å². The average molecular weight is 758 g/mol. The molecule has 1 atom stereocenters. The third kappa shape index (κ3) is 6.93. The van der Waals surface area contributed by atoms with Crippen molar-refractivity contribution in [1.82, 2.24) is 4.57 Å². The summed E-state index contributed by atoms with van der Waals surface area (Å²) in [6.07, 6.45) is 1.80. The minimum atomic E-state index is -0.838. The largest absolute Gasteiger partial charge is 0.493 e. The van der Waals surface area contributed by atoms with Gasteiger partial charge in [-0.05, 0) is 85.5 Å². The van der Waals surface area contributed by atoms with Crippen molar-refractivity contribution >= 4 is 50.1 Å². The summed E-state index contributed by atoms with van der Waals surface area (Å²) in [5.74, 6) is 1.62. The number of esters is 1. The molecule has 0 unspecified atom stereocenters. The lowest BCUT2D eigenvalue weighted by Gasteiger charge is -2.26. The van der Waals surface area contributed by atoms with Crippen LogP contribution in [-0.4, -0.2) is 37.5 Å². The van der Waals surface area contributed by atoms with E-state index in [2.05, 4.69) is 40.2 Å². The fourth-order valence-electron chi connectivity index (χ4n) is 6.00. The van der Waals surface area contributed by atoms with Gasteiger partial charge in [0.1, 0.15) is 6.61 Å². The van der Waals surface area contributed by atoms with Crippen LogP contribution in [0.1, 0.15) is 50.4 Å². The lowest BCUT2D eigenvalue weighted by Crippen LogP contribution is -2.40. The van der Waals surface area contributed by atoms with Gasteiger partial charge in [-0.15, -0.1) is 0 Å². The maximum atomic E-state index is 14.3. The van der Waals surface area contributed by atoms with Crippen LogP contribution in [0.25, 0.3) is 16.8 Å². The Morgan fingerprint density at radius 2 is 1.64 bits per heavy atom. The van der Waals surface area contributed by atoms with Crippen molar-refractivity contribution in [3.05, 3.63) is 125 Å². The van der Waals surface area contributed by atoms with Crippen LogP contribution < -0.4 is 33.8 Å². The molecule has 0 N–H and O–H groups in total. The number of carbonyl (C=O) groups excluding carboxylic acids is 1. The maximum absolute atomic E-state index is 14.3. The van der Waals surface area contributed by atoms with Gasteiger partial charge in [0, 0.05) is 4.47 Å². The van der Waals surface area contributed by atoms with Crippen LogP contribution >= 0.6 is 27.3 Å². The summed E-state index contributed by atoms with van der Waals surface area (Å²) in [5.41, 5.74) is 2.87. The molecule has 1 aliphatic heterocycles. The Morgan fingerprint density at radius 3 is 2.38 bits per heavy atom. The van der Waals surface area contributed by atoms with E-state index >= 15 is 0 Å². The molecule has 4 aromatic carbocycles. The van der Waals surface area contributed by atoms with Crippen LogP contribution in [0.5, 0.6) is 23.0 Å². The lowest BCUT2D eigenvalue weighted by molar-refractivity contribution is -0.139. The number of aromatic nitrogens is 1. The number of ether oxygens (including phenoxy) is 5. The normalized spacial score (nSPS) is 14.3.